The van der Waals surface area contributed by atoms with E-state index in [-0.39, 0.29) is 29.4 Å². The molecule has 0 aromatic heterocycles. The quantitative estimate of drug-likeness (QED) is 0.554. The van der Waals surface area contributed by atoms with E-state index < -0.39 is 0 Å². The summed E-state index contributed by atoms with van der Waals surface area (Å²) >= 11 is 1.27. The summed E-state index contributed by atoms with van der Waals surface area (Å²) in [6.07, 6.45) is 0.0150. The van der Waals surface area contributed by atoms with E-state index in [1.807, 2.05) is 74.5 Å². The molecular weight excluding hydrogens is 384 g/mol. The molecule has 5 nitrogen and oxygen atoms in total. The van der Waals surface area contributed by atoms with Gasteiger partial charge in [0.1, 0.15) is 5.75 Å². The molecule has 0 saturated carbocycles. The summed E-state index contributed by atoms with van der Waals surface area (Å²) in [4.78, 5) is 24.4. The molecule has 150 valence electrons. The van der Waals surface area contributed by atoms with Gasteiger partial charge in [0, 0.05) is 5.69 Å². The summed E-state index contributed by atoms with van der Waals surface area (Å²) in [5.41, 5.74) is 1.38. The fourth-order valence-corrected chi connectivity index (χ4v) is 3.43. The number of benzene rings is 3. The number of hydrogen-bond acceptors (Lipinski definition) is 4. The molecule has 0 unspecified atom stereocenters. The fraction of sp³-hybridized carbons (Fsp3) is 0.217. The zero-order chi connectivity index (χ0) is 20.6. The minimum Gasteiger partial charge on any atom is -0.489 e. The third kappa shape index (κ3) is 6.26. The average molecular weight is 409 g/mol. The second kappa shape index (κ2) is 9.98. The van der Waals surface area contributed by atoms with Crippen LogP contribution in [-0.4, -0.2) is 29.4 Å². The molecule has 0 heterocycles. The van der Waals surface area contributed by atoms with Crippen LogP contribution in [0, 0.1) is 0 Å². The molecule has 2 N–H and O–H groups in total. The van der Waals surface area contributed by atoms with Gasteiger partial charge in [-0.15, -0.1) is 11.8 Å². The number of fused-ring (bicyclic) bond motifs is 1. The molecule has 0 atom stereocenters. The Bertz CT molecular complexity index is 1000. The van der Waals surface area contributed by atoms with Crippen molar-refractivity contribution in [3.63, 3.8) is 0 Å². The molecule has 2 amide bonds. The Kier molecular flexibility index (Phi) is 7.14. The number of amides is 2. The molecule has 0 aliphatic heterocycles. The number of carbonyl (C=O) groups excluding carboxylic acids is 2. The zero-order valence-electron chi connectivity index (χ0n) is 16.5. The summed E-state index contributed by atoms with van der Waals surface area (Å²) < 4.78 is 5.70. The summed E-state index contributed by atoms with van der Waals surface area (Å²) in [6.45, 7) is 3.87. The topological polar surface area (TPSA) is 67.4 Å². The molecule has 0 radical (unpaired) electrons. The van der Waals surface area contributed by atoms with E-state index in [9.17, 15) is 9.59 Å². The summed E-state index contributed by atoms with van der Waals surface area (Å²) in [7, 11) is 0. The third-order valence-electron chi connectivity index (χ3n) is 4.02. The first-order valence-electron chi connectivity index (χ1n) is 9.43. The maximum Gasteiger partial charge on any atom is 0.234 e. The molecule has 0 aliphatic rings. The minimum atomic E-state index is -0.173. The summed E-state index contributed by atoms with van der Waals surface area (Å²) in [5, 5.41) is 7.91. The molecule has 0 saturated heterocycles. The Labute approximate surface area is 174 Å². The van der Waals surface area contributed by atoms with Gasteiger partial charge in [0.25, 0.3) is 0 Å². The summed E-state index contributed by atoms with van der Waals surface area (Å²) in [6, 6.07) is 21.1. The van der Waals surface area contributed by atoms with Crippen LogP contribution >= 0.6 is 11.8 Å². The highest BCUT2D eigenvalue weighted by molar-refractivity contribution is 8.00. The van der Waals surface area contributed by atoms with Gasteiger partial charge in [0.2, 0.25) is 11.8 Å². The normalized spacial score (nSPS) is 10.7. The van der Waals surface area contributed by atoms with Crippen molar-refractivity contribution in [1.82, 2.24) is 0 Å². The van der Waals surface area contributed by atoms with Crippen molar-refractivity contribution in [2.45, 2.75) is 20.0 Å². The van der Waals surface area contributed by atoms with Gasteiger partial charge >= 0.3 is 0 Å². The Hall–Kier alpha value is -2.99. The number of hydrogen-bond donors (Lipinski definition) is 2. The van der Waals surface area contributed by atoms with Gasteiger partial charge in [-0.3, -0.25) is 9.59 Å². The molecule has 0 aliphatic carbocycles. The van der Waals surface area contributed by atoms with Crippen molar-refractivity contribution >= 4 is 45.7 Å². The smallest absolute Gasteiger partial charge is 0.234 e. The number of thioether (sulfide) groups is 1. The number of para-hydroxylation sites is 2. The second-order valence-electron chi connectivity index (χ2n) is 6.81. The molecule has 29 heavy (non-hydrogen) atoms. The molecule has 3 aromatic carbocycles. The lowest BCUT2D eigenvalue weighted by Crippen LogP contribution is -2.19. The molecular formula is C23H24N2O3S. The standard InChI is InChI=1S/C23H24N2O3S/c1-16(2)28-21-10-6-5-9-20(21)25-23(27)15-29-14-22(26)24-19-12-11-17-7-3-4-8-18(17)13-19/h3-13,16H,14-15H2,1-2H3,(H,24,26)(H,25,27). The number of rotatable bonds is 8. The Morgan fingerprint density at radius 3 is 2.28 bits per heavy atom. The van der Waals surface area contributed by atoms with Gasteiger partial charge in [-0.25, -0.2) is 0 Å². The highest BCUT2D eigenvalue weighted by atomic mass is 32.2. The van der Waals surface area contributed by atoms with Crippen LogP contribution in [0.15, 0.2) is 66.7 Å². The van der Waals surface area contributed by atoms with Crippen molar-refractivity contribution in [2.24, 2.45) is 0 Å². The minimum absolute atomic E-state index is 0.0150. The van der Waals surface area contributed by atoms with Crippen LogP contribution in [0.1, 0.15) is 13.8 Å². The van der Waals surface area contributed by atoms with E-state index in [0.717, 1.165) is 16.5 Å². The first-order valence-corrected chi connectivity index (χ1v) is 10.6. The molecule has 3 aromatic rings. The number of anilines is 2. The highest BCUT2D eigenvalue weighted by Crippen LogP contribution is 2.25. The second-order valence-corrected chi connectivity index (χ2v) is 7.80. The molecule has 0 fully saturated rings. The maximum absolute atomic E-state index is 12.2. The van der Waals surface area contributed by atoms with Gasteiger partial charge in [-0.1, -0.05) is 42.5 Å². The van der Waals surface area contributed by atoms with Crippen molar-refractivity contribution in [1.29, 1.82) is 0 Å². The van der Waals surface area contributed by atoms with Crippen LogP contribution in [0.2, 0.25) is 0 Å². The lowest BCUT2D eigenvalue weighted by Gasteiger charge is -2.14. The van der Waals surface area contributed by atoms with Crippen molar-refractivity contribution in [2.75, 3.05) is 22.1 Å². The van der Waals surface area contributed by atoms with E-state index in [0.29, 0.717) is 11.4 Å². The lowest BCUT2D eigenvalue weighted by atomic mass is 10.1. The molecule has 0 bridgehead atoms. The van der Waals surface area contributed by atoms with Gasteiger partial charge in [0.05, 0.1) is 23.3 Å². The predicted molar refractivity (Wildman–Crippen MR) is 121 cm³/mol. The van der Waals surface area contributed by atoms with Gasteiger partial charge < -0.3 is 15.4 Å². The SMILES string of the molecule is CC(C)Oc1ccccc1NC(=O)CSCC(=O)Nc1ccc2ccccc2c1. The first-order chi connectivity index (χ1) is 14.0. The van der Waals surface area contributed by atoms with Gasteiger partial charge in [0.15, 0.2) is 0 Å². The largest absolute Gasteiger partial charge is 0.489 e. The average Bonchev–Trinajstić information content (AvgIpc) is 2.69. The molecule has 3 rings (SSSR count). The fourth-order valence-electron chi connectivity index (χ4n) is 2.81. The number of carbonyl (C=O) groups is 2. The predicted octanol–water partition coefficient (Wildman–Crippen LogP) is 4.94. The van der Waals surface area contributed by atoms with Crippen LogP contribution < -0.4 is 15.4 Å². The Morgan fingerprint density at radius 1 is 0.862 bits per heavy atom. The van der Waals surface area contributed by atoms with E-state index in [1.54, 1.807) is 6.07 Å². The van der Waals surface area contributed by atoms with E-state index in [1.165, 1.54) is 11.8 Å². The van der Waals surface area contributed by atoms with Crippen LogP contribution in [0.5, 0.6) is 5.75 Å². The van der Waals surface area contributed by atoms with Crippen molar-refractivity contribution in [3.05, 3.63) is 66.7 Å². The third-order valence-corrected chi connectivity index (χ3v) is 4.96. The van der Waals surface area contributed by atoms with E-state index in [4.69, 9.17) is 4.74 Å². The lowest BCUT2D eigenvalue weighted by molar-refractivity contribution is -0.114. The monoisotopic (exact) mass is 408 g/mol. The highest BCUT2D eigenvalue weighted by Gasteiger charge is 2.10. The van der Waals surface area contributed by atoms with Gasteiger partial charge in [-0.05, 0) is 48.9 Å². The Balaban J connectivity index is 1.47. The van der Waals surface area contributed by atoms with Gasteiger partial charge in [-0.2, -0.15) is 0 Å². The first kappa shape index (κ1) is 20.7. The molecule has 6 heteroatoms. The number of ether oxygens (including phenoxy) is 1. The zero-order valence-corrected chi connectivity index (χ0v) is 17.3. The number of nitrogens with one attached hydrogen (secondary N) is 2. The van der Waals surface area contributed by atoms with Crippen LogP contribution in [0.25, 0.3) is 10.8 Å². The summed E-state index contributed by atoms with van der Waals surface area (Å²) in [5.74, 6) is 0.704. The van der Waals surface area contributed by atoms with E-state index in [2.05, 4.69) is 10.6 Å². The maximum atomic E-state index is 12.2. The van der Waals surface area contributed by atoms with E-state index >= 15 is 0 Å². The van der Waals surface area contributed by atoms with Crippen LogP contribution in [-0.2, 0) is 9.59 Å². The van der Waals surface area contributed by atoms with Crippen LogP contribution in [0.3, 0.4) is 0 Å². The van der Waals surface area contributed by atoms with Crippen LogP contribution in [0.4, 0.5) is 11.4 Å². The van der Waals surface area contributed by atoms with Crippen molar-refractivity contribution < 1.29 is 14.3 Å². The Morgan fingerprint density at radius 2 is 1.52 bits per heavy atom. The molecule has 0 spiro atoms. The van der Waals surface area contributed by atoms with Crippen molar-refractivity contribution in [3.8, 4) is 5.75 Å².